The molecule has 0 saturated heterocycles. The number of carboxylic acid groups (broad SMARTS) is 1. The van der Waals surface area contributed by atoms with Crippen molar-refractivity contribution in [3.63, 3.8) is 0 Å². The fraction of sp³-hybridized carbons (Fsp3) is 0.414. The van der Waals surface area contributed by atoms with E-state index >= 15 is 0 Å². The Morgan fingerprint density at radius 2 is 1.40 bits per heavy atom. The monoisotopic (exact) mass is 583 g/mol. The maximum absolute atomic E-state index is 13.3. The second kappa shape index (κ2) is 16.6. The van der Waals surface area contributed by atoms with Crippen molar-refractivity contribution in [2.45, 2.75) is 63.7 Å². The van der Waals surface area contributed by atoms with Crippen LogP contribution in [0.2, 0.25) is 0 Å². The summed E-state index contributed by atoms with van der Waals surface area (Å²) in [7, 11) is 0. The number of aliphatic carboxylic acids is 1. The lowest BCUT2D eigenvalue weighted by Gasteiger charge is -2.27. The highest BCUT2D eigenvalue weighted by atomic mass is 16.4. The zero-order valence-corrected chi connectivity index (χ0v) is 23.8. The van der Waals surface area contributed by atoms with Gasteiger partial charge in [0.25, 0.3) is 0 Å². The molecule has 0 bridgehead atoms. The summed E-state index contributed by atoms with van der Waals surface area (Å²) in [5.74, 6) is -3.54. The Morgan fingerprint density at radius 1 is 0.810 bits per heavy atom. The molecule has 2 aromatic rings. The van der Waals surface area contributed by atoms with Gasteiger partial charge in [0.1, 0.15) is 23.9 Å². The Kier molecular flexibility index (Phi) is 13.2. The van der Waals surface area contributed by atoms with Gasteiger partial charge >= 0.3 is 5.97 Å². The van der Waals surface area contributed by atoms with Crippen LogP contribution < -0.4 is 33.2 Å². The van der Waals surface area contributed by atoms with E-state index in [9.17, 15) is 29.4 Å². The van der Waals surface area contributed by atoms with Crippen LogP contribution in [0.5, 0.6) is 5.75 Å². The Labute approximate surface area is 244 Å². The number of phenols is 1. The minimum absolute atomic E-state index is 0.0418. The largest absolute Gasteiger partial charge is 0.508 e. The number of carboxylic acids is 1. The number of nitrogens with one attached hydrogen (secondary N) is 3. The third kappa shape index (κ3) is 11.5. The summed E-state index contributed by atoms with van der Waals surface area (Å²) >= 11 is 0. The normalized spacial score (nSPS) is 13.7. The predicted molar refractivity (Wildman–Crippen MR) is 158 cm³/mol. The lowest BCUT2D eigenvalue weighted by molar-refractivity contribution is -0.142. The second-order valence-corrected chi connectivity index (χ2v) is 10.3. The third-order valence-electron chi connectivity index (χ3n) is 6.45. The molecular formula is C29H41N7O6. The Bertz CT molecular complexity index is 1220. The Morgan fingerprint density at radius 3 is 1.98 bits per heavy atom. The van der Waals surface area contributed by atoms with Gasteiger partial charge in [-0.3, -0.25) is 19.4 Å². The van der Waals surface area contributed by atoms with Crippen LogP contribution in [0.1, 0.15) is 37.8 Å². The van der Waals surface area contributed by atoms with Crippen molar-refractivity contribution in [3.05, 3.63) is 65.7 Å². The first-order valence-corrected chi connectivity index (χ1v) is 13.6. The number of hydrogen-bond acceptors (Lipinski definition) is 7. The number of benzene rings is 2. The highest BCUT2D eigenvalue weighted by Crippen LogP contribution is 2.12. The highest BCUT2D eigenvalue weighted by Gasteiger charge is 2.31. The molecule has 0 radical (unpaired) electrons. The molecule has 0 aliphatic rings. The number of guanidine groups is 1. The minimum Gasteiger partial charge on any atom is -0.508 e. The summed E-state index contributed by atoms with van der Waals surface area (Å²) in [6.07, 6.45) is 0.626. The van der Waals surface area contributed by atoms with Crippen LogP contribution in [0.4, 0.5) is 0 Å². The molecule has 2 rings (SSSR count). The zero-order chi connectivity index (χ0) is 31.2. The molecule has 0 saturated carbocycles. The molecule has 0 aliphatic heterocycles. The number of rotatable bonds is 16. The van der Waals surface area contributed by atoms with E-state index in [0.29, 0.717) is 12.0 Å². The molecule has 0 fully saturated rings. The number of carbonyl (C=O) groups is 4. The summed E-state index contributed by atoms with van der Waals surface area (Å²) in [6, 6.07) is 10.7. The fourth-order valence-corrected chi connectivity index (χ4v) is 4.13. The molecule has 3 amide bonds. The van der Waals surface area contributed by atoms with E-state index in [1.54, 1.807) is 56.3 Å². The van der Waals surface area contributed by atoms with Gasteiger partial charge < -0.3 is 43.4 Å². The van der Waals surface area contributed by atoms with Crippen LogP contribution in [0.25, 0.3) is 0 Å². The number of nitrogens with zero attached hydrogens (tertiary/aromatic N) is 1. The van der Waals surface area contributed by atoms with Gasteiger partial charge in [-0.15, -0.1) is 0 Å². The minimum atomic E-state index is -1.24. The van der Waals surface area contributed by atoms with Gasteiger partial charge in [-0.25, -0.2) is 4.79 Å². The molecule has 42 heavy (non-hydrogen) atoms. The topological polar surface area (TPSA) is 235 Å². The highest BCUT2D eigenvalue weighted by molar-refractivity contribution is 5.94. The first kappa shape index (κ1) is 33.6. The number of nitrogens with two attached hydrogens (primary N) is 3. The summed E-state index contributed by atoms with van der Waals surface area (Å²) in [6.45, 7) is 3.64. The van der Waals surface area contributed by atoms with Gasteiger partial charge in [0, 0.05) is 13.0 Å². The molecular weight excluding hydrogens is 542 g/mol. The van der Waals surface area contributed by atoms with E-state index in [4.69, 9.17) is 17.2 Å². The molecule has 13 nitrogen and oxygen atoms in total. The zero-order valence-electron chi connectivity index (χ0n) is 23.8. The summed E-state index contributed by atoms with van der Waals surface area (Å²) in [5.41, 5.74) is 18.3. The van der Waals surface area contributed by atoms with Crippen molar-refractivity contribution in [1.29, 1.82) is 0 Å². The first-order chi connectivity index (χ1) is 19.9. The lowest BCUT2D eigenvalue weighted by atomic mass is 10.00. The average molecular weight is 584 g/mol. The van der Waals surface area contributed by atoms with Gasteiger partial charge in [-0.2, -0.15) is 0 Å². The summed E-state index contributed by atoms with van der Waals surface area (Å²) < 4.78 is 0. The van der Waals surface area contributed by atoms with Crippen molar-refractivity contribution >= 4 is 29.7 Å². The third-order valence-corrected chi connectivity index (χ3v) is 6.45. The van der Waals surface area contributed by atoms with Crippen LogP contribution in [-0.2, 0) is 32.0 Å². The SMILES string of the molecule is CC(C)C(NC(=O)C(N)Cc1ccc(O)cc1)C(=O)NC(CCCN=C(N)N)C(=O)NC(Cc1ccccc1)C(=O)O. The van der Waals surface area contributed by atoms with Crippen LogP contribution in [0, 0.1) is 5.92 Å². The van der Waals surface area contributed by atoms with E-state index in [2.05, 4.69) is 20.9 Å². The summed E-state index contributed by atoms with van der Waals surface area (Å²) in [5, 5.41) is 27.0. The predicted octanol–water partition coefficient (Wildman–Crippen LogP) is -0.247. The smallest absolute Gasteiger partial charge is 0.326 e. The number of aromatic hydroxyl groups is 1. The van der Waals surface area contributed by atoms with Crippen molar-refractivity contribution < 1.29 is 29.4 Å². The van der Waals surface area contributed by atoms with Crippen molar-refractivity contribution in [1.82, 2.24) is 16.0 Å². The van der Waals surface area contributed by atoms with Gasteiger partial charge in [0.05, 0.1) is 6.04 Å². The van der Waals surface area contributed by atoms with Gasteiger partial charge in [-0.05, 0) is 48.4 Å². The Balaban J connectivity index is 2.14. The van der Waals surface area contributed by atoms with Crippen LogP contribution in [0.15, 0.2) is 59.6 Å². The van der Waals surface area contributed by atoms with E-state index in [0.717, 1.165) is 5.56 Å². The lowest BCUT2D eigenvalue weighted by Crippen LogP contribution is -2.58. The Hall–Kier alpha value is -4.65. The van der Waals surface area contributed by atoms with E-state index < -0.39 is 47.9 Å². The molecule has 4 unspecified atom stereocenters. The molecule has 228 valence electrons. The number of phenolic OH excluding ortho intramolecular Hbond substituents is 1. The van der Waals surface area contributed by atoms with E-state index in [1.165, 1.54) is 12.1 Å². The van der Waals surface area contributed by atoms with E-state index in [-0.39, 0.29) is 43.4 Å². The maximum Gasteiger partial charge on any atom is 0.326 e. The molecule has 0 aliphatic carbocycles. The average Bonchev–Trinajstić information content (AvgIpc) is 2.94. The quantitative estimate of drug-likeness (QED) is 0.0738. The second-order valence-electron chi connectivity index (χ2n) is 10.3. The first-order valence-electron chi connectivity index (χ1n) is 13.6. The number of carbonyl (C=O) groups excluding carboxylic acids is 3. The van der Waals surface area contributed by atoms with Gasteiger partial charge in [0.15, 0.2) is 5.96 Å². The molecule has 4 atom stereocenters. The summed E-state index contributed by atoms with van der Waals surface area (Å²) in [4.78, 5) is 55.3. The molecule has 0 heterocycles. The van der Waals surface area contributed by atoms with Crippen LogP contribution in [-0.4, -0.2) is 70.6 Å². The van der Waals surface area contributed by atoms with E-state index in [1.807, 2.05) is 0 Å². The molecule has 2 aromatic carbocycles. The van der Waals surface area contributed by atoms with Crippen molar-refractivity contribution in [3.8, 4) is 5.75 Å². The number of hydrogen-bond donors (Lipinski definition) is 8. The van der Waals surface area contributed by atoms with Gasteiger partial charge in [0.2, 0.25) is 17.7 Å². The van der Waals surface area contributed by atoms with Crippen LogP contribution in [0.3, 0.4) is 0 Å². The molecule has 11 N–H and O–H groups in total. The number of aliphatic imine (C=N–C) groups is 1. The standard InChI is InChI=1S/C29H41N7O6/c1-17(2)24(36-25(38)21(30)15-19-10-12-20(37)13-11-19)27(40)34-22(9-6-14-33-29(31)32)26(39)35-23(28(41)42)16-18-7-4-3-5-8-18/h3-5,7-8,10-13,17,21-24,37H,6,9,14-16,30H2,1-2H3,(H,34,40)(H,35,39)(H,36,38)(H,41,42)(H4,31,32,33). The van der Waals surface area contributed by atoms with Gasteiger partial charge in [-0.1, -0.05) is 56.3 Å². The molecule has 0 spiro atoms. The number of amides is 3. The van der Waals surface area contributed by atoms with Crippen LogP contribution >= 0.6 is 0 Å². The molecule has 0 aromatic heterocycles. The van der Waals surface area contributed by atoms with Crippen molar-refractivity contribution in [2.75, 3.05) is 6.54 Å². The molecule has 13 heteroatoms. The fourth-order valence-electron chi connectivity index (χ4n) is 4.13. The van der Waals surface area contributed by atoms with Crippen molar-refractivity contribution in [2.24, 2.45) is 28.1 Å². The maximum atomic E-state index is 13.3.